The lowest BCUT2D eigenvalue weighted by molar-refractivity contribution is 0.355. The van der Waals surface area contributed by atoms with Crippen LogP contribution in [0.5, 0.6) is 11.5 Å². The minimum absolute atomic E-state index is 0.265. The van der Waals surface area contributed by atoms with Gasteiger partial charge in [0.25, 0.3) is 0 Å². The lowest BCUT2D eigenvalue weighted by Crippen LogP contribution is -1.95. The van der Waals surface area contributed by atoms with Crippen LogP contribution in [0.15, 0.2) is 34.9 Å². The highest BCUT2D eigenvalue weighted by molar-refractivity contribution is 9.10. The third-order valence-electron chi connectivity index (χ3n) is 3.87. The quantitative estimate of drug-likeness (QED) is 0.676. The molecule has 3 aromatic rings. The van der Waals surface area contributed by atoms with Gasteiger partial charge < -0.3 is 13.9 Å². The van der Waals surface area contributed by atoms with Crippen molar-refractivity contribution in [2.45, 2.75) is 13.3 Å². The van der Waals surface area contributed by atoms with E-state index in [0.29, 0.717) is 11.5 Å². The molecule has 0 fully saturated rings. The SMILES string of the molecule is COc1ccc(-c2nc3c(C)cc(Br)cn3c2CC#N)cc1OC. The number of aromatic nitrogens is 2. The fourth-order valence-corrected chi connectivity index (χ4v) is 3.32. The van der Waals surface area contributed by atoms with E-state index >= 15 is 0 Å². The summed E-state index contributed by atoms with van der Waals surface area (Å²) >= 11 is 3.51. The number of halogens is 1. The summed E-state index contributed by atoms with van der Waals surface area (Å²) in [6.45, 7) is 2.00. The van der Waals surface area contributed by atoms with Gasteiger partial charge >= 0.3 is 0 Å². The van der Waals surface area contributed by atoms with Crippen LogP contribution in [0.3, 0.4) is 0 Å². The van der Waals surface area contributed by atoms with Gasteiger partial charge in [0.2, 0.25) is 0 Å². The largest absolute Gasteiger partial charge is 0.493 e. The first-order valence-corrected chi connectivity index (χ1v) is 8.14. The number of pyridine rings is 1. The van der Waals surface area contributed by atoms with E-state index in [0.717, 1.165) is 32.6 Å². The number of imidazole rings is 1. The Hall–Kier alpha value is -2.52. The summed E-state index contributed by atoms with van der Waals surface area (Å²) in [6.07, 6.45) is 2.20. The Morgan fingerprint density at radius 1 is 1.21 bits per heavy atom. The van der Waals surface area contributed by atoms with Crippen LogP contribution in [0.2, 0.25) is 0 Å². The van der Waals surface area contributed by atoms with E-state index in [1.165, 1.54) is 0 Å². The zero-order valence-corrected chi connectivity index (χ0v) is 15.2. The average Bonchev–Trinajstić information content (AvgIpc) is 2.93. The molecule has 0 bridgehead atoms. The highest BCUT2D eigenvalue weighted by atomic mass is 79.9. The van der Waals surface area contributed by atoms with Crippen molar-refractivity contribution >= 4 is 21.6 Å². The predicted molar refractivity (Wildman–Crippen MR) is 95.5 cm³/mol. The van der Waals surface area contributed by atoms with E-state index in [1.807, 2.05) is 41.8 Å². The third-order valence-corrected chi connectivity index (χ3v) is 4.31. The molecular formula is C18H16BrN3O2. The van der Waals surface area contributed by atoms with Gasteiger partial charge in [-0.1, -0.05) is 0 Å². The predicted octanol–water partition coefficient (Wildman–Crippen LogP) is 4.16. The summed E-state index contributed by atoms with van der Waals surface area (Å²) in [5.74, 6) is 1.29. The first-order valence-electron chi connectivity index (χ1n) is 7.35. The van der Waals surface area contributed by atoms with Crippen molar-refractivity contribution in [1.29, 1.82) is 5.26 Å². The number of methoxy groups -OCH3 is 2. The van der Waals surface area contributed by atoms with E-state index < -0.39 is 0 Å². The second-order valence-corrected chi connectivity index (χ2v) is 6.26. The maximum Gasteiger partial charge on any atom is 0.161 e. The lowest BCUT2D eigenvalue weighted by atomic mass is 10.1. The molecule has 24 heavy (non-hydrogen) atoms. The molecule has 0 radical (unpaired) electrons. The van der Waals surface area contributed by atoms with Crippen LogP contribution in [-0.4, -0.2) is 23.6 Å². The molecule has 5 nitrogen and oxygen atoms in total. The molecule has 0 unspecified atom stereocenters. The number of ether oxygens (including phenoxy) is 2. The van der Waals surface area contributed by atoms with Crippen molar-refractivity contribution in [2.24, 2.45) is 0 Å². The minimum atomic E-state index is 0.265. The summed E-state index contributed by atoms with van der Waals surface area (Å²) in [5, 5.41) is 9.24. The average molecular weight is 386 g/mol. The number of nitrogens with zero attached hydrogens (tertiary/aromatic N) is 3. The van der Waals surface area contributed by atoms with E-state index in [1.54, 1.807) is 14.2 Å². The molecule has 1 aromatic carbocycles. The lowest BCUT2D eigenvalue weighted by Gasteiger charge is -2.09. The van der Waals surface area contributed by atoms with Crippen LogP contribution in [0, 0.1) is 18.3 Å². The van der Waals surface area contributed by atoms with Crippen LogP contribution >= 0.6 is 15.9 Å². The number of hydrogen-bond donors (Lipinski definition) is 0. The Bertz CT molecular complexity index is 957. The Morgan fingerprint density at radius 2 is 1.96 bits per heavy atom. The van der Waals surface area contributed by atoms with Crippen molar-refractivity contribution in [3.8, 4) is 28.8 Å². The molecule has 0 saturated heterocycles. The van der Waals surface area contributed by atoms with Gasteiger partial charge in [-0.05, 0) is 52.7 Å². The van der Waals surface area contributed by atoms with Crippen molar-refractivity contribution in [3.05, 3.63) is 46.2 Å². The molecule has 6 heteroatoms. The summed E-state index contributed by atoms with van der Waals surface area (Å²) in [5.41, 5.74) is 4.39. The highest BCUT2D eigenvalue weighted by Crippen LogP contribution is 2.34. The topological polar surface area (TPSA) is 59.5 Å². The molecule has 122 valence electrons. The first-order chi connectivity index (χ1) is 11.6. The maximum atomic E-state index is 9.24. The number of fused-ring (bicyclic) bond motifs is 1. The van der Waals surface area contributed by atoms with E-state index in [-0.39, 0.29) is 6.42 Å². The molecule has 2 heterocycles. The third kappa shape index (κ3) is 2.72. The molecule has 0 aliphatic rings. The Kier molecular flexibility index (Phi) is 4.45. The maximum absolute atomic E-state index is 9.24. The molecule has 0 amide bonds. The summed E-state index contributed by atoms with van der Waals surface area (Å²) in [7, 11) is 3.20. The molecule has 0 aliphatic carbocycles. The molecule has 0 saturated carbocycles. The van der Waals surface area contributed by atoms with Crippen molar-refractivity contribution in [1.82, 2.24) is 9.38 Å². The molecule has 2 aromatic heterocycles. The highest BCUT2D eigenvalue weighted by Gasteiger charge is 2.17. The Balaban J connectivity index is 2.28. The van der Waals surface area contributed by atoms with Gasteiger partial charge in [-0.3, -0.25) is 0 Å². The van der Waals surface area contributed by atoms with Crippen molar-refractivity contribution < 1.29 is 9.47 Å². The summed E-state index contributed by atoms with van der Waals surface area (Å²) in [6, 6.07) is 9.89. The molecule has 0 atom stereocenters. The number of rotatable bonds is 4. The summed E-state index contributed by atoms with van der Waals surface area (Å²) < 4.78 is 13.6. The Labute approximate surface area is 148 Å². The van der Waals surface area contributed by atoms with Gasteiger partial charge in [0.1, 0.15) is 5.65 Å². The van der Waals surface area contributed by atoms with Crippen LogP contribution in [0.4, 0.5) is 0 Å². The van der Waals surface area contributed by atoms with Crippen LogP contribution in [-0.2, 0) is 6.42 Å². The second kappa shape index (κ2) is 6.54. The van der Waals surface area contributed by atoms with E-state index in [9.17, 15) is 5.26 Å². The fourth-order valence-electron chi connectivity index (χ4n) is 2.77. The molecule has 0 aliphatic heterocycles. The standard InChI is InChI=1S/C18H16BrN3O2/c1-11-8-13(19)10-22-14(6-7-20)17(21-18(11)22)12-4-5-15(23-2)16(9-12)24-3/h4-5,8-10H,6H2,1-3H3. The van der Waals surface area contributed by atoms with Gasteiger partial charge in [-0.15, -0.1) is 0 Å². The molecular weight excluding hydrogens is 370 g/mol. The minimum Gasteiger partial charge on any atom is -0.493 e. The van der Waals surface area contributed by atoms with Gasteiger partial charge in [-0.2, -0.15) is 5.26 Å². The second-order valence-electron chi connectivity index (χ2n) is 5.35. The molecule has 3 rings (SSSR count). The van der Waals surface area contributed by atoms with E-state index in [2.05, 4.69) is 22.0 Å². The normalized spacial score (nSPS) is 10.6. The molecule has 0 N–H and O–H groups in total. The first kappa shape index (κ1) is 16.3. The number of aryl methyl sites for hydroxylation is 1. The fraction of sp³-hybridized carbons (Fsp3) is 0.222. The van der Waals surface area contributed by atoms with Crippen molar-refractivity contribution in [3.63, 3.8) is 0 Å². The van der Waals surface area contributed by atoms with Gasteiger partial charge in [0.15, 0.2) is 11.5 Å². The van der Waals surface area contributed by atoms with Crippen LogP contribution in [0.25, 0.3) is 16.9 Å². The zero-order chi connectivity index (χ0) is 17.3. The monoisotopic (exact) mass is 385 g/mol. The van der Waals surface area contributed by atoms with Crippen LogP contribution < -0.4 is 9.47 Å². The smallest absolute Gasteiger partial charge is 0.161 e. The number of benzene rings is 1. The van der Waals surface area contributed by atoms with Crippen molar-refractivity contribution in [2.75, 3.05) is 14.2 Å². The van der Waals surface area contributed by atoms with Gasteiger partial charge in [0, 0.05) is 16.2 Å². The van der Waals surface area contributed by atoms with E-state index in [4.69, 9.17) is 14.5 Å². The summed E-state index contributed by atoms with van der Waals surface area (Å²) in [4.78, 5) is 4.77. The van der Waals surface area contributed by atoms with Crippen LogP contribution in [0.1, 0.15) is 11.3 Å². The van der Waals surface area contributed by atoms with Gasteiger partial charge in [-0.25, -0.2) is 4.98 Å². The number of nitriles is 1. The zero-order valence-electron chi connectivity index (χ0n) is 13.6. The number of hydrogen-bond acceptors (Lipinski definition) is 4. The Morgan fingerprint density at radius 3 is 2.62 bits per heavy atom. The molecule has 0 spiro atoms. The van der Waals surface area contributed by atoms with Gasteiger partial charge in [0.05, 0.1) is 38.1 Å².